The first-order valence-electron chi connectivity index (χ1n) is 7.43. The molecule has 3 atom stereocenters. The highest BCUT2D eigenvalue weighted by atomic mass is 16.5. The largest absolute Gasteiger partial charge is 0.374 e. The van der Waals surface area contributed by atoms with E-state index in [-0.39, 0.29) is 5.92 Å². The normalized spacial score (nSPS) is 36.2. The van der Waals surface area contributed by atoms with Crippen molar-refractivity contribution in [2.45, 2.75) is 57.1 Å². The van der Waals surface area contributed by atoms with Crippen LogP contribution in [0.25, 0.3) is 0 Å². The lowest BCUT2D eigenvalue weighted by Crippen LogP contribution is -2.56. The van der Waals surface area contributed by atoms with E-state index < -0.39 is 0 Å². The summed E-state index contributed by atoms with van der Waals surface area (Å²) in [7, 11) is 0. The maximum atomic E-state index is 12.6. The number of rotatable bonds is 1. The standard InChI is InChI=1S/C15H23NO2/c17-15(12-6-2-1-3-7-12)16-10-11-18-14-9-5-4-8-13(14)16/h1-2,12-14H,3-11H2. The van der Waals surface area contributed by atoms with Crippen molar-refractivity contribution in [1.29, 1.82) is 0 Å². The second-order valence-corrected chi connectivity index (χ2v) is 5.77. The fraction of sp³-hybridized carbons (Fsp3) is 0.800. The summed E-state index contributed by atoms with van der Waals surface area (Å²) in [5.41, 5.74) is 0. The summed E-state index contributed by atoms with van der Waals surface area (Å²) in [6.07, 6.45) is 12.5. The number of morpholine rings is 1. The second-order valence-electron chi connectivity index (χ2n) is 5.77. The minimum Gasteiger partial charge on any atom is -0.374 e. The second kappa shape index (κ2) is 5.43. The number of carbonyl (C=O) groups excluding carboxylic acids is 1. The molecule has 3 rings (SSSR count). The van der Waals surface area contributed by atoms with Gasteiger partial charge in [-0.25, -0.2) is 0 Å². The van der Waals surface area contributed by atoms with Crippen molar-refractivity contribution < 1.29 is 9.53 Å². The molecule has 0 aromatic rings. The van der Waals surface area contributed by atoms with E-state index in [4.69, 9.17) is 4.74 Å². The number of ether oxygens (including phenoxy) is 1. The van der Waals surface area contributed by atoms with Crippen molar-refractivity contribution in [3.05, 3.63) is 12.2 Å². The fourth-order valence-corrected chi connectivity index (χ4v) is 3.62. The number of amides is 1. The fourth-order valence-electron chi connectivity index (χ4n) is 3.62. The monoisotopic (exact) mass is 249 g/mol. The maximum Gasteiger partial charge on any atom is 0.226 e. The summed E-state index contributed by atoms with van der Waals surface area (Å²) in [6, 6.07) is 0.367. The molecular weight excluding hydrogens is 226 g/mol. The van der Waals surface area contributed by atoms with Crippen molar-refractivity contribution in [2.75, 3.05) is 13.2 Å². The van der Waals surface area contributed by atoms with Crippen LogP contribution >= 0.6 is 0 Å². The zero-order valence-corrected chi connectivity index (χ0v) is 11.0. The first-order chi connectivity index (χ1) is 8.86. The third-order valence-electron chi connectivity index (χ3n) is 4.63. The van der Waals surface area contributed by atoms with Crippen LogP contribution in [0.2, 0.25) is 0 Å². The van der Waals surface area contributed by atoms with Crippen molar-refractivity contribution >= 4 is 5.91 Å². The van der Waals surface area contributed by atoms with Gasteiger partial charge in [-0.1, -0.05) is 25.0 Å². The molecule has 1 heterocycles. The Hall–Kier alpha value is -0.830. The lowest BCUT2D eigenvalue weighted by Gasteiger charge is -2.45. The van der Waals surface area contributed by atoms with E-state index in [1.165, 1.54) is 12.8 Å². The minimum atomic E-state index is 0.232. The molecule has 1 amide bonds. The lowest BCUT2D eigenvalue weighted by atomic mass is 9.87. The third kappa shape index (κ3) is 2.33. The average Bonchev–Trinajstić information content (AvgIpc) is 2.47. The Kier molecular flexibility index (Phi) is 3.69. The predicted octanol–water partition coefficient (Wildman–Crippen LogP) is 2.51. The highest BCUT2D eigenvalue weighted by Gasteiger charge is 2.38. The summed E-state index contributed by atoms with van der Waals surface area (Å²) in [5.74, 6) is 0.621. The van der Waals surface area contributed by atoms with Crippen LogP contribution in [0.1, 0.15) is 44.9 Å². The molecule has 2 aliphatic carbocycles. The molecule has 0 aromatic carbocycles. The molecule has 3 aliphatic rings. The summed E-state index contributed by atoms with van der Waals surface area (Å²) in [6.45, 7) is 1.54. The van der Waals surface area contributed by atoms with Crippen molar-refractivity contribution in [3.8, 4) is 0 Å². The molecular formula is C15H23NO2. The molecule has 0 N–H and O–H groups in total. The van der Waals surface area contributed by atoms with E-state index in [0.717, 1.165) is 45.3 Å². The van der Waals surface area contributed by atoms with E-state index in [2.05, 4.69) is 17.1 Å². The number of hydrogen-bond donors (Lipinski definition) is 0. The van der Waals surface area contributed by atoms with Gasteiger partial charge in [0.2, 0.25) is 5.91 Å². The molecule has 2 fully saturated rings. The first-order valence-corrected chi connectivity index (χ1v) is 7.43. The molecule has 18 heavy (non-hydrogen) atoms. The molecule has 3 heteroatoms. The van der Waals surface area contributed by atoms with Gasteiger partial charge in [0.05, 0.1) is 18.8 Å². The number of hydrogen-bond acceptors (Lipinski definition) is 2. The molecule has 100 valence electrons. The Morgan fingerprint density at radius 3 is 2.89 bits per heavy atom. The van der Waals surface area contributed by atoms with Crippen LogP contribution in [0, 0.1) is 5.92 Å². The van der Waals surface area contributed by atoms with E-state index in [9.17, 15) is 4.79 Å². The Morgan fingerprint density at radius 2 is 2.06 bits per heavy atom. The van der Waals surface area contributed by atoms with Gasteiger partial charge in [0, 0.05) is 12.5 Å². The average molecular weight is 249 g/mol. The van der Waals surface area contributed by atoms with E-state index in [0.29, 0.717) is 18.1 Å². The maximum absolute atomic E-state index is 12.6. The highest BCUT2D eigenvalue weighted by molar-refractivity contribution is 5.79. The van der Waals surface area contributed by atoms with Crippen LogP contribution in [-0.2, 0) is 9.53 Å². The van der Waals surface area contributed by atoms with Gasteiger partial charge in [0.1, 0.15) is 0 Å². The van der Waals surface area contributed by atoms with Crippen LogP contribution in [0.15, 0.2) is 12.2 Å². The Balaban J connectivity index is 1.69. The summed E-state index contributed by atoms with van der Waals surface area (Å²) >= 11 is 0. The number of carbonyl (C=O) groups is 1. The summed E-state index contributed by atoms with van der Waals surface area (Å²) in [5, 5.41) is 0. The van der Waals surface area contributed by atoms with Gasteiger partial charge < -0.3 is 9.64 Å². The van der Waals surface area contributed by atoms with Crippen LogP contribution in [0.5, 0.6) is 0 Å². The SMILES string of the molecule is O=C(C1CC=CCC1)N1CCOC2CCCCC21. The molecule has 1 aliphatic heterocycles. The molecule has 0 aromatic heterocycles. The van der Waals surface area contributed by atoms with Crippen molar-refractivity contribution in [2.24, 2.45) is 5.92 Å². The molecule has 0 bridgehead atoms. The lowest BCUT2D eigenvalue weighted by molar-refractivity contribution is -0.154. The van der Waals surface area contributed by atoms with Crippen LogP contribution in [0.4, 0.5) is 0 Å². The van der Waals surface area contributed by atoms with Gasteiger partial charge in [-0.15, -0.1) is 0 Å². The van der Waals surface area contributed by atoms with Gasteiger partial charge in [-0.2, -0.15) is 0 Å². The number of allylic oxidation sites excluding steroid dienone is 2. The Morgan fingerprint density at radius 1 is 1.17 bits per heavy atom. The molecule has 3 nitrogen and oxygen atoms in total. The molecule has 1 saturated carbocycles. The van der Waals surface area contributed by atoms with Crippen LogP contribution in [-0.4, -0.2) is 36.1 Å². The van der Waals surface area contributed by atoms with Crippen molar-refractivity contribution in [3.63, 3.8) is 0 Å². The third-order valence-corrected chi connectivity index (χ3v) is 4.63. The Labute approximate surface area is 109 Å². The quantitative estimate of drug-likeness (QED) is 0.668. The van der Waals surface area contributed by atoms with Gasteiger partial charge in [0.15, 0.2) is 0 Å². The summed E-state index contributed by atoms with van der Waals surface area (Å²) < 4.78 is 5.84. The minimum absolute atomic E-state index is 0.232. The molecule has 0 spiro atoms. The van der Waals surface area contributed by atoms with Crippen LogP contribution < -0.4 is 0 Å². The summed E-state index contributed by atoms with van der Waals surface area (Å²) in [4.78, 5) is 14.8. The van der Waals surface area contributed by atoms with Crippen LogP contribution in [0.3, 0.4) is 0 Å². The predicted molar refractivity (Wildman–Crippen MR) is 70.2 cm³/mol. The highest BCUT2D eigenvalue weighted by Crippen LogP contribution is 2.31. The molecule has 1 saturated heterocycles. The first kappa shape index (κ1) is 12.2. The van der Waals surface area contributed by atoms with Crippen molar-refractivity contribution in [1.82, 2.24) is 4.90 Å². The number of fused-ring (bicyclic) bond motifs is 1. The van der Waals surface area contributed by atoms with E-state index in [1.807, 2.05) is 0 Å². The van der Waals surface area contributed by atoms with E-state index in [1.54, 1.807) is 0 Å². The topological polar surface area (TPSA) is 29.5 Å². The zero-order chi connectivity index (χ0) is 12.4. The smallest absolute Gasteiger partial charge is 0.226 e. The van der Waals surface area contributed by atoms with Gasteiger partial charge in [0.25, 0.3) is 0 Å². The number of nitrogens with zero attached hydrogens (tertiary/aromatic N) is 1. The molecule has 3 unspecified atom stereocenters. The van der Waals surface area contributed by atoms with Gasteiger partial charge in [-0.05, 0) is 32.1 Å². The van der Waals surface area contributed by atoms with Gasteiger partial charge >= 0.3 is 0 Å². The van der Waals surface area contributed by atoms with E-state index >= 15 is 0 Å². The van der Waals surface area contributed by atoms with Gasteiger partial charge in [-0.3, -0.25) is 4.79 Å². The molecule has 0 radical (unpaired) electrons. The Bertz CT molecular complexity index is 337. The zero-order valence-electron chi connectivity index (χ0n) is 11.0.